The molecule has 15 heavy (non-hydrogen) atoms. The van der Waals surface area contributed by atoms with Crippen molar-refractivity contribution in [1.29, 1.82) is 0 Å². The van der Waals surface area contributed by atoms with Gasteiger partial charge in [0.25, 0.3) is 0 Å². The van der Waals surface area contributed by atoms with Crippen molar-refractivity contribution < 1.29 is 9.53 Å². The van der Waals surface area contributed by atoms with Gasteiger partial charge in [0.2, 0.25) is 5.82 Å². The Morgan fingerprint density at radius 3 is 3.13 bits per heavy atom. The van der Waals surface area contributed by atoms with E-state index in [9.17, 15) is 4.79 Å². The van der Waals surface area contributed by atoms with Crippen LogP contribution in [-0.4, -0.2) is 27.5 Å². The topological polar surface area (TPSA) is 67.9 Å². The molecular formula is C9H8ClN3O2. The van der Waals surface area contributed by atoms with E-state index >= 15 is 0 Å². The highest BCUT2D eigenvalue weighted by molar-refractivity contribution is 6.34. The molecular weight excluding hydrogens is 218 g/mol. The molecule has 0 saturated heterocycles. The minimum atomic E-state index is -0.508. The van der Waals surface area contributed by atoms with Gasteiger partial charge >= 0.3 is 5.97 Å². The molecule has 2 heterocycles. The van der Waals surface area contributed by atoms with E-state index in [1.54, 1.807) is 13.0 Å². The number of halogens is 1. The summed E-state index contributed by atoms with van der Waals surface area (Å²) in [6.45, 7) is 2.03. The second-order valence-corrected chi connectivity index (χ2v) is 3.20. The molecule has 78 valence electrons. The molecule has 0 amide bonds. The number of imidazole rings is 1. The molecule has 0 aliphatic heterocycles. The Morgan fingerprint density at radius 1 is 1.67 bits per heavy atom. The van der Waals surface area contributed by atoms with Gasteiger partial charge in [-0.3, -0.25) is 0 Å². The summed E-state index contributed by atoms with van der Waals surface area (Å²) in [4.78, 5) is 22.0. The summed E-state index contributed by atoms with van der Waals surface area (Å²) >= 11 is 5.89. The van der Waals surface area contributed by atoms with Crippen molar-refractivity contribution in [3.63, 3.8) is 0 Å². The normalized spacial score (nSPS) is 10.5. The number of hydrogen-bond donors (Lipinski definition) is 1. The number of pyridine rings is 1. The zero-order valence-electron chi connectivity index (χ0n) is 7.95. The highest BCUT2D eigenvalue weighted by Crippen LogP contribution is 2.18. The van der Waals surface area contributed by atoms with Crippen LogP contribution in [0.25, 0.3) is 11.2 Å². The van der Waals surface area contributed by atoms with Crippen molar-refractivity contribution in [1.82, 2.24) is 15.0 Å². The van der Waals surface area contributed by atoms with Crippen LogP contribution >= 0.6 is 11.6 Å². The lowest BCUT2D eigenvalue weighted by molar-refractivity contribution is 0.0513. The fourth-order valence-corrected chi connectivity index (χ4v) is 1.36. The Balaban J connectivity index is 2.47. The average Bonchev–Trinajstić information content (AvgIpc) is 2.63. The standard InChI is InChI=1S/C9H8ClN3O2/c1-2-15-9(14)8-12-6-5(10)3-4-11-7(6)13-8/h3-4H,2H2,1H3,(H,11,12,13). The first-order chi connectivity index (χ1) is 7.22. The van der Waals surface area contributed by atoms with Gasteiger partial charge in [-0.25, -0.2) is 14.8 Å². The van der Waals surface area contributed by atoms with Gasteiger partial charge in [-0.1, -0.05) is 11.6 Å². The molecule has 0 atom stereocenters. The predicted octanol–water partition coefficient (Wildman–Crippen LogP) is 1.79. The van der Waals surface area contributed by atoms with Gasteiger partial charge in [-0.05, 0) is 13.0 Å². The van der Waals surface area contributed by atoms with Crippen LogP contribution in [0.1, 0.15) is 17.5 Å². The lowest BCUT2D eigenvalue weighted by atomic mass is 10.4. The molecule has 0 unspecified atom stereocenters. The first-order valence-corrected chi connectivity index (χ1v) is 4.77. The SMILES string of the molecule is CCOC(=O)c1nc2nccc(Cl)c2[nH]1. The van der Waals surface area contributed by atoms with E-state index in [1.165, 1.54) is 6.20 Å². The zero-order valence-corrected chi connectivity index (χ0v) is 8.71. The lowest BCUT2D eigenvalue weighted by Gasteiger charge is -1.95. The van der Waals surface area contributed by atoms with Crippen LogP contribution in [0.5, 0.6) is 0 Å². The Labute approximate surface area is 90.4 Å². The van der Waals surface area contributed by atoms with E-state index in [4.69, 9.17) is 16.3 Å². The molecule has 6 heteroatoms. The number of esters is 1. The lowest BCUT2D eigenvalue weighted by Crippen LogP contribution is -2.06. The van der Waals surface area contributed by atoms with Gasteiger partial charge in [-0.2, -0.15) is 0 Å². The number of fused-ring (bicyclic) bond motifs is 1. The first kappa shape index (κ1) is 9.92. The van der Waals surface area contributed by atoms with Gasteiger partial charge in [0.05, 0.1) is 11.6 Å². The third kappa shape index (κ3) is 1.78. The largest absolute Gasteiger partial charge is 0.460 e. The molecule has 0 aliphatic rings. The van der Waals surface area contributed by atoms with Crippen molar-refractivity contribution in [2.24, 2.45) is 0 Å². The van der Waals surface area contributed by atoms with Crippen LogP contribution in [0.4, 0.5) is 0 Å². The summed E-state index contributed by atoms with van der Waals surface area (Å²) in [5, 5.41) is 0.475. The van der Waals surface area contributed by atoms with Gasteiger partial charge in [0.1, 0.15) is 5.52 Å². The van der Waals surface area contributed by atoms with Crippen LogP contribution in [-0.2, 0) is 4.74 Å². The average molecular weight is 226 g/mol. The Kier molecular flexibility index (Phi) is 2.55. The molecule has 0 aromatic carbocycles. The highest BCUT2D eigenvalue weighted by Gasteiger charge is 2.14. The van der Waals surface area contributed by atoms with Crippen molar-refractivity contribution in [2.45, 2.75) is 6.92 Å². The first-order valence-electron chi connectivity index (χ1n) is 4.39. The fraction of sp³-hybridized carbons (Fsp3) is 0.222. The van der Waals surface area contributed by atoms with Crippen molar-refractivity contribution >= 4 is 28.7 Å². The van der Waals surface area contributed by atoms with E-state index < -0.39 is 5.97 Å². The zero-order chi connectivity index (χ0) is 10.8. The monoisotopic (exact) mass is 225 g/mol. The number of nitrogens with one attached hydrogen (secondary N) is 1. The quantitative estimate of drug-likeness (QED) is 0.792. The number of rotatable bonds is 2. The number of carbonyl (C=O) groups excluding carboxylic acids is 1. The van der Waals surface area contributed by atoms with E-state index in [-0.39, 0.29) is 5.82 Å². The highest BCUT2D eigenvalue weighted by atomic mass is 35.5. The second-order valence-electron chi connectivity index (χ2n) is 2.80. The minimum absolute atomic E-state index is 0.118. The molecule has 0 bridgehead atoms. The van der Waals surface area contributed by atoms with Gasteiger partial charge in [0.15, 0.2) is 5.65 Å². The van der Waals surface area contributed by atoms with Gasteiger partial charge < -0.3 is 9.72 Å². The molecule has 2 aromatic heterocycles. The van der Waals surface area contributed by atoms with Crippen LogP contribution in [0.15, 0.2) is 12.3 Å². The smallest absolute Gasteiger partial charge is 0.374 e. The third-order valence-electron chi connectivity index (χ3n) is 1.81. The number of nitrogens with zero attached hydrogens (tertiary/aromatic N) is 2. The van der Waals surface area contributed by atoms with Gasteiger partial charge in [-0.15, -0.1) is 0 Å². The summed E-state index contributed by atoms with van der Waals surface area (Å²) in [6, 6.07) is 1.62. The molecule has 1 N–H and O–H groups in total. The number of hydrogen-bond acceptors (Lipinski definition) is 4. The molecule has 5 nitrogen and oxygen atoms in total. The maximum Gasteiger partial charge on any atom is 0.374 e. The minimum Gasteiger partial charge on any atom is -0.460 e. The van der Waals surface area contributed by atoms with E-state index in [0.717, 1.165) is 0 Å². The maximum absolute atomic E-state index is 11.3. The Bertz CT molecular complexity index is 509. The molecule has 0 radical (unpaired) electrons. The van der Waals surface area contributed by atoms with Crippen LogP contribution < -0.4 is 0 Å². The van der Waals surface area contributed by atoms with Crippen molar-refractivity contribution in [3.05, 3.63) is 23.1 Å². The van der Waals surface area contributed by atoms with Crippen LogP contribution in [0.2, 0.25) is 5.02 Å². The molecule has 0 aliphatic carbocycles. The number of H-pyrrole nitrogens is 1. The molecule has 2 aromatic rings. The summed E-state index contributed by atoms with van der Waals surface area (Å²) in [7, 11) is 0. The van der Waals surface area contributed by atoms with Crippen molar-refractivity contribution in [3.8, 4) is 0 Å². The van der Waals surface area contributed by atoms with E-state index in [1.807, 2.05) is 0 Å². The number of aromatic nitrogens is 3. The summed E-state index contributed by atoms with van der Waals surface area (Å²) < 4.78 is 4.79. The van der Waals surface area contributed by atoms with Crippen LogP contribution in [0, 0.1) is 0 Å². The molecule has 0 spiro atoms. The Hall–Kier alpha value is -1.62. The molecule has 2 rings (SSSR count). The fourth-order valence-electron chi connectivity index (χ4n) is 1.18. The molecule has 0 saturated carbocycles. The third-order valence-corrected chi connectivity index (χ3v) is 2.12. The van der Waals surface area contributed by atoms with E-state index in [0.29, 0.717) is 22.8 Å². The van der Waals surface area contributed by atoms with E-state index in [2.05, 4.69) is 15.0 Å². The number of carbonyl (C=O) groups is 1. The summed E-state index contributed by atoms with van der Waals surface area (Å²) in [5.41, 5.74) is 0.952. The summed E-state index contributed by atoms with van der Waals surface area (Å²) in [6.07, 6.45) is 1.53. The second kappa shape index (κ2) is 3.86. The Morgan fingerprint density at radius 2 is 2.47 bits per heavy atom. The number of ether oxygens (including phenoxy) is 1. The predicted molar refractivity (Wildman–Crippen MR) is 54.9 cm³/mol. The van der Waals surface area contributed by atoms with Gasteiger partial charge in [0, 0.05) is 6.20 Å². The van der Waals surface area contributed by atoms with Crippen LogP contribution in [0.3, 0.4) is 0 Å². The molecule has 0 fully saturated rings. The summed E-state index contributed by atoms with van der Waals surface area (Å²) in [5.74, 6) is -0.390. The maximum atomic E-state index is 11.3. The number of aromatic amines is 1. The van der Waals surface area contributed by atoms with Crippen molar-refractivity contribution in [2.75, 3.05) is 6.61 Å².